The van der Waals surface area contributed by atoms with E-state index in [0.29, 0.717) is 0 Å². The van der Waals surface area contributed by atoms with Gasteiger partial charge in [0.15, 0.2) is 5.13 Å². The highest BCUT2D eigenvalue weighted by molar-refractivity contribution is 7.15. The highest BCUT2D eigenvalue weighted by Gasteiger charge is 2.16. The highest BCUT2D eigenvalue weighted by Crippen LogP contribution is 2.27. The summed E-state index contributed by atoms with van der Waals surface area (Å²) < 4.78 is 5.28. The molecule has 15 heavy (non-hydrogen) atoms. The van der Waals surface area contributed by atoms with E-state index < -0.39 is 0 Å². The minimum Gasteiger partial charge on any atom is -0.378 e. The summed E-state index contributed by atoms with van der Waals surface area (Å²) in [5.74, 6) is -0.0442. The van der Waals surface area contributed by atoms with Gasteiger partial charge in [0.2, 0.25) is 0 Å². The van der Waals surface area contributed by atoms with Crippen LogP contribution < -0.4 is 4.90 Å². The Labute approximate surface area is 92.9 Å². The van der Waals surface area contributed by atoms with Gasteiger partial charge in [-0.3, -0.25) is 0 Å². The van der Waals surface area contributed by atoms with Crippen molar-refractivity contribution in [2.75, 3.05) is 31.2 Å². The molecular weight excluding hydrogens is 212 g/mol. The normalized spacial score (nSPS) is 18.9. The molecule has 0 aliphatic carbocycles. The summed E-state index contributed by atoms with van der Waals surface area (Å²) in [6, 6.07) is 0. The number of rotatable bonds is 3. The maximum atomic E-state index is 10.6. The van der Waals surface area contributed by atoms with Crippen molar-refractivity contribution in [3.63, 3.8) is 0 Å². The second-order valence-electron chi connectivity index (χ2n) is 3.57. The SMILES string of the molecule is CC(C=O)c1cnc(N2CCOCC2)s1. The fourth-order valence-corrected chi connectivity index (χ4v) is 2.43. The molecule has 5 heteroatoms. The molecule has 82 valence electrons. The van der Waals surface area contributed by atoms with E-state index in [1.165, 1.54) is 0 Å². The first-order valence-corrected chi connectivity index (χ1v) is 5.86. The second kappa shape index (κ2) is 4.72. The fourth-order valence-electron chi connectivity index (χ4n) is 1.46. The predicted molar refractivity (Wildman–Crippen MR) is 59.6 cm³/mol. The minimum absolute atomic E-state index is 0.0442. The zero-order chi connectivity index (χ0) is 10.7. The number of aldehydes is 1. The molecule has 1 aliphatic rings. The molecule has 0 saturated carbocycles. The van der Waals surface area contributed by atoms with Crippen LogP contribution >= 0.6 is 11.3 Å². The van der Waals surface area contributed by atoms with Crippen molar-refractivity contribution >= 4 is 22.8 Å². The van der Waals surface area contributed by atoms with Gasteiger partial charge >= 0.3 is 0 Å². The number of hydrogen-bond acceptors (Lipinski definition) is 5. The van der Waals surface area contributed by atoms with Gasteiger partial charge in [-0.05, 0) is 0 Å². The van der Waals surface area contributed by atoms with E-state index in [1.807, 2.05) is 6.92 Å². The van der Waals surface area contributed by atoms with Crippen molar-refractivity contribution in [2.45, 2.75) is 12.8 Å². The van der Waals surface area contributed by atoms with Gasteiger partial charge in [-0.1, -0.05) is 6.92 Å². The lowest BCUT2D eigenvalue weighted by Crippen LogP contribution is -2.36. The van der Waals surface area contributed by atoms with Crippen LogP contribution in [0.2, 0.25) is 0 Å². The van der Waals surface area contributed by atoms with E-state index in [2.05, 4.69) is 9.88 Å². The molecular formula is C10H14N2O2S. The number of anilines is 1. The Bertz CT molecular complexity index is 334. The van der Waals surface area contributed by atoms with Crippen LogP contribution in [-0.2, 0) is 9.53 Å². The van der Waals surface area contributed by atoms with E-state index in [0.717, 1.165) is 42.6 Å². The van der Waals surface area contributed by atoms with E-state index in [4.69, 9.17) is 4.74 Å². The summed E-state index contributed by atoms with van der Waals surface area (Å²) in [4.78, 5) is 18.2. The Morgan fingerprint density at radius 3 is 3.00 bits per heavy atom. The molecule has 1 fully saturated rings. The van der Waals surface area contributed by atoms with Gasteiger partial charge in [-0.25, -0.2) is 4.98 Å². The molecule has 1 aromatic heterocycles. The van der Waals surface area contributed by atoms with Crippen molar-refractivity contribution in [1.29, 1.82) is 0 Å². The lowest BCUT2D eigenvalue weighted by molar-refractivity contribution is -0.108. The van der Waals surface area contributed by atoms with Crippen LogP contribution in [0.5, 0.6) is 0 Å². The quantitative estimate of drug-likeness (QED) is 0.728. The number of hydrogen-bond donors (Lipinski definition) is 0. The van der Waals surface area contributed by atoms with Gasteiger partial charge in [0.25, 0.3) is 0 Å². The van der Waals surface area contributed by atoms with Gasteiger partial charge in [0, 0.05) is 30.1 Å². The van der Waals surface area contributed by atoms with Crippen LogP contribution in [0, 0.1) is 0 Å². The first-order valence-electron chi connectivity index (χ1n) is 5.05. The highest BCUT2D eigenvalue weighted by atomic mass is 32.1. The molecule has 0 bridgehead atoms. The first kappa shape index (κ1) is 10.6. The number of ether oxygens (including phenoxy) is 1. The predicted octanol–water partition coefficient (Wildman–Crippen LogP) is 1.28. The molecule has 1 saturated heterocycles. The van der Waals surface area contributed by atoms with E-state index >= 15 is 0 Å². The van der Waals surface area contributed by atoms with Crippen LogP contribution in [0.25, 0.3) is 0 Å². The summed E-state index contributed by atoms with van der Waals surface area (Å²) in [6.45, 7) is 5.20. The van der Waals surface area contributed by atoms with Crippen LogP contribution in [-0.4, -0.2) is 37.6 Å². The van der Waals surface area contributed by atoms with E-state index in [1.54, 1.807) is 17.5 Å². The topological polar surface area (TPSA) is 42.4 Å². The molecule has 2 heterocycles. The van der Waals surface area contributed by atoms with Crippen LogP contribution in [0.1, 0.15) is 17.7 Å². The average Bonchev–Trinajstić information content (AvgIpc) is 2.78. The molecule has 1 atom stereocenters. The molecule has 0 amide bonds. The van der Waals surface area contributed by atoms with Crippen molar-refractivity contribution < 1.29 is 9.53 Å². The zero-order valence-electron chi connectivity index (χ0n) is 8.68. The molecule has 0 radical (unpaired) electrons. The first-order chi connectivity index (χ1) is 7.31. The molecule has 0 aromatic carbocycles. The number of morpholine rings is 1. The van der Waals surface area contributed by atoms with Crippen molar-refractivity contribution in [3.05, 3.63) is 11.1 Å². The van der Waals surface area contributed by atoms with Gasteiger partial charge in [0.05, 0.1) is 13.2 Å². The molecule has 0 N–H and O–H groups in total. The average molecular weight is 226 g/mol. The smallest absolute Gasteiger partial charge is 0.185 e. The molecule has 1 unspecified atom stereocenters. The lowest BCUT2D eigenvalue weighted by Gasteiger charge is -2.26. The minimum atomic E-state index is -0.0442. The molecule has 0 spiro atoms. The summed E-state index contributed by atoms with van der Waals surface area (Å²) in [5, 5.41) is 1.00. The maximum Gasteiger partial charge on any atom is 0.185 e. The Balaban J connectivity index is 2.08. The Morgan fingerprint density at radius 1 is 1.60 bits per heavy atom. The number of thiazole rings is 1. The zero-order valence-corrected chi connectivity index (χ0v) is 9.50. The van der Waals surface area contributed by atoms with Gasteiger partial charge in [0.1, 0.15) is 6.29 Å². The third-order valence-corrected chi connectivity index (χ3v) is 3.70. The Hall–Kier alpha value is -0.940. The summed E-state index contributed by atoms with van der Waals surface area (Å²) in [5.41, 5.74) is 0. The van der Waals surface area contributed by atoms with Crippen molar-refractivity contribution in [1.82, 2.24) is 4.98 Å². The van der Waals surface area contributed by atoms with Crippen LogP contribution in [0.4, 0.5) is 5.13 Å². The molecule has 1 aromatic rings. The standard InChI is InChI=1S/C10H14N2O2S/c1-8(7-13)9-6-11-10(15-9)12-2-4-14-5-3-12/h6-8H,2-5H2,1H3. The van der Waals surface area contributed by atoms with E-state index in [-0.39, 0.29) is 5.92 Å². The fraction of sp³-hybridized carbons (Fsp3) is 0.600. The number of nitrogens with zero attached hydrogens (tertiary/aromatic N) is 2. The van der Waals surface area contributed by atoms with Crippen molar-refractivity contribution in [2.24, 2.45) is 0 Å². The largest absolute Gasteiger partial charge is 0.378 e. The van der Waals surface area contributed by atoms with Crippen molar-refractivity contribution in [3.8, 4) is 0 Å². The third kappa shape index (κ3) is 2.35. The van der Waals surface area contributed by atoms with Crippen LogP contribution in [0.3, 0.4) is 0 Å². The summed E-state index contributed by atoms with van der Waals surface area (Å²) in [6.07, 6.45) is 2.76. The summed E-state index contributed by atoms with van der Waals surface area (Å²) in [7, 11) is 0. The maximum absolute atomic E-state index is 10.6. The Morgan fingerprint density at radius 2 is 2.33 bits per heavy atom. The number of aromatic nitrogens is 1. The monoisotopic (exact) mass is 226 g/mol. The summed E-state index contributed by atoms with van der Waals surface area (Å²) >= 11 is 1.60. The van der Waals surface area contributed by atoms with Crippen LogP contribution in [0.15, 0.2) is 6.20 Å². The lowest BCUT2D eigenvalue weighted by atomic mass is 10.2. The number of carbonyl (C=O) groups is 1. The molecule has 2 rings (SSSR count). The van der Waals surface area contributed by atoms with Gasteiger partial charge in [-0.2, -0.15) is 0 Å². The Kier molecular flexibility index (Phi) is 3.33. The number of carbonyl (C=O) groups excluding carboxylic acids is 1. The third-order valence-electron chi connectivity index (χ3n) is 2.45. The van der Waals surface area contributed by atoms with Gasteiger partial charge < -0.3 is 14.4 Å². The molecule has 4 nitrogen and oxygen atoms in total. The molecule has 1 aliphatic heterocycles. The second-order valence-corrected chi connectivity index (χ2v) is 4.61. The van der Waals surface area contributed by atoms with Gasteiger partial charge in [-0.15, -0.1) is 11.3 Å². The van der Waals surface area contributed by atoms with E-state index in [9.17, 15) is 4.79 Å².